The van der Waals surface area contributed by atoms with E-state index in [9.17, 15) is 9.90 Å². The number of benzene rings is 1. The molecule has 0 saturated heterocycles. The molecule has 0 atom stereocenters. The zero-order valence-electron chi connectivity index (χ0n) is 11.9. The van der Waals surface area contributed by atoms with Crippen LogP contribution in [-0.2, 0) is 6.61 Å². The molecule has 2 aromatic heterocycles. The number of hydrogen-bond donors (Lipinski definition) is 1. The minimum absolute atomic E-state index is 0.0413. The van der Waals surface area contributed by atoms with Gasteiger partial charge in [-0.2, -0.15) is 0 Å². The molecule has 0 spiro atoms. The van der Waals surface area contributed by atoms with Crippen molar-refractivity contribution in [2.45, 2.75) is 26.6 Å². The third kappa shape index (κ3) is 2.48. The van der Waals surface area contributed by atoms with Gasteiger partial charge in [0.1, 0.15) is 11.4 Å². The molecule has 0 unspecified atom stereocenters. The molecule has 0 fully saturated rings. The lowest BCUT2D eigenvalue weighted by Gasteiger charge is -2.10. The molecule has 0 aliphatic rings. The van der Waals surface area contributed by atoms with E-state index in [1.165, 1.54) is 4.40 Å². The van der Waals surface area contributed by atoms with Crippen LogP contribution >= 0.6 is 0 Å². The van der Waals surface area contributed by atoms with Crippen molar-refractivity contribution < 1.29 is 9.84 Å². The fourth-order valence-corrected chi connectivity index (χ4v) is 2.27. The fraction of sp³-hybridized carbons (Fsp3) is 0.250. The molecule has 3 rings (SSSR count). The van der Waals surface area contributed by atoms with Crippen LogP contribution in [0.1, 0.15) is 19.4 Å². The number of fused-ring (bicyclic) bond motifs is 2. The van der Waals surface area contributed by atoms with Gasteiger partial charge in [-0.1, -0.05) is 6.07 Å². The molecule has 0 amide bonds. The molecule has 0 saturated carbocycles. The zero-order valence-corrected chi connectivity index (χ0v) is 11.9. The van der Waals surface area contributed by atoms with Crippen LogP contribution < -0.4 is 10.3 Å². The van der Waals surface area contributed by atoms with Gasteiger partial charge in [-0.3, -0.25) is 9.20 Å². The van der Waals surface area contributed by atoms with Crippen molar-refractivity contribution in [1.82, 2.24) is 9.38 Å². The van der Waals surface area contributed by atoms with E-state index in [0.29, 0.717) is 27.9 Å². The van der Waals surface area contributed by atoms with E-state index in [4.69, 9.17) is 4.74 Å². The molecule has 5 heteroatoms. The van der Waals surface area contributed by atoms with Gasteiger partial charge in [0.2, 0.25) is 0 Å². The van der Waals surface area contributed by atoms with Gasteiger partial charge in [-0.05, 0) is 43.7 Å². The van der Waals surface area contributed by atoms with Gasteiger partial charge in [-0.25, -0.2) is 4.98 Å². The summed E-state index contributed by atoms with van der Waals surface area (Å²) in [5.74, 6) is 0.648. The van der Waals surface area contributed by atoms with Crippen LogP contribution in [0.4, 0.5) is 0 Å². The van der Waals surface area contributed by atoms with E-state index in [1.54, 1.807) is 30.5 Å². The van der Waals surface area contributed by atoms with Crippen LogP contribution in [0.3, 0.4) is 0 Å². The van der Waals surface area contributed by atoms with E-state index in [0.717, 1.165) is 0 Å². The Morgan fingerprint density at radius 3 is 2.81 bits per heavy atom. The monoisotopic (exact) mass is 284 g/mol. The second kappa shape index (κ2) is 5.18. The first-order chi connectivity index (χ1) is 10.1. The van der Waals surface area contributed by atoms with Gasteiger partial charge in [0.15, 0.2) is 0 Å². The Hall–Kier alpha value is -2.40. The van der Waals surface area contributed by atoms with E-state index >= 15 is 0 Å². The third-order valence-corrected chi connectivity index (χ3v) is 3.19. The Bertz CT molecular complexity index is 868. The topological polar surface area (TPSA) is 63.8 Å². The van der Waals surface area contributed by atoms with Gasteiger partial charge in [0, 0.05) is 6.20 Å². The predicted molar refractivity (Wildman–Crippen MR) is 80.7 cm³/mol. The number of nitrogens with zero attached hydrogens (tertiary/aromatic N) is 2. The average molecular weight is 284 g/mol. The van der Waals surface area contributed by atoms with Crippen molar-refractivity contribution in [3.8, 4) is 5.75 Å². The third-order valence-electron chi connectivity index (χ3n) is 3.19. The standard InChI is InChI=1S/C16H16N2O3/c1-10(2)21-12-4-5-14-13(7-12)16(20)18-8-11(9-19)3-6-15(18)17-14/h3-8,10,19H,9H2,1-2H3. The maximum atomic E-state index is 12.6. The van der Waals surface area contributed by atoms with E-state index in [1.807, 2.05) is 19.9 Å². The lowest BCUT2D eigenvalue weighted by Crippen LogP contribution is -2.16. The summed E-state index contributed by atoms with van der Waals surface area (Å²) in [5, 5.41) is 9.69. The summed E-state index contributed by atoms with van der Waals surface area (Å²) in [7, 11) is 0. The lowest BCUT2D eigenvalue weighted by atomic mass is 10.2. The molecule has 0 aliphatic carbocycles. The molecule has 2 heterocycles. The Labute approximate surface area is 121 Å². The summed E-state index contributed by atoms with van der Waals surface area (Å²) in [6.07, 6.45) is 1.65. The number of aliphatic hydroxyl groups excluding tert-OH is 1. The van der Waals surface area contributed by atoms with Crippen molar-refractivity contribution in [3.63, 3.8) is 0 Å². The van der Waals surface area contributed by atoms with Gasteiger partial charge in [0.05, 0.1) is 23.6 Å². The summed E-state index contributed by atoms with van der Waals surface area (Å²) < 4.78 is 7.07. The Morgan fingerprint density at radius 2 is 2.10 bits per heavy atom. The van der Waals surface area contributed by atoms with Crippen molar-refractivity contribution in [2.24, 2.45) is 0 Å². The zero-order chi connectivity index (χ0) is 15.0. The summed E-state index contributed by atoms with van der Waals surface area (Å²) in [6, 6.07) is 8.79. The molecule has 5 nitrogen and oxygen atoms in total. The van der Waals surface area contributed by atoms with Gasteiger partial charge in [0.25, 0.3) is 5.56 Å². The molecule has 21 heavy (non-hydrogen) atoms. The molecule has 1 aromatic carbocycles. The minimum Gasteiger partial charge on any atom is -0.491 e. The highest BCUT2D eigenvalue weighted by molar-refractivity contribution is 5.81. The van der Waals surface area contributed by atoms with Crippen LogP contribution in [0.2, 0.25) is 0 Å². The highest BCUT2D eigenvalue weighted by Gasteiger charge is 2.08. The van der Waals surface area contributed by atoms with Gasteiger partial charge >= 0.3 is 0 Å². The largest absolute Gasteiger partial charge is 0.491 e. The highest BCUT2D eigenvalue weighted by Crippen LogP contribution is 2.19. The van der Waals surface area contributed by atoms with E-state index < -0.39 is 0 Å². The van der Waals surface area contributed by atoms with Crippen molar-refractivity contribution in [1.29, 1.82) is 0 Å². The number of pyridine rings is 1. The average Bonchev–Trinajstić information content (AvgIpc) is 2.47. The lowest BCUT2D eigenvalue weighted by molar-refractivity contribution is 0.242. The van der Waals surface area contributed by atoms with Crippen molar-refractivity contribution in [3.05, 3.63) is 52.4 Å². The maximum Gasteiger partial charge on any atom is 0.265 e. The quantitative estimate of drug-likeness (QED) is 0.748. The highest BCUT2D eigenvalue weighted by atomic mass is 16.5. The number of ether oxygens (including phenoxy) is 1. The normalized spacial score (nSPS) is 11.4. The first-order valence-electron chi connectivity index (χ1n) is 6.81. The van der Waals surface area contributed by atoms with Crippen LogP contribution in [-0.4, -0.2) is 20.6 Å². The molecular formula is C16H16N2O3. The number of aromatic nitrogens is 2. The Morgan fingerprint density at radius 1 is 1.29 bits per heavy atom. The minimum atomic E-state index is -0.167. The molecule has 3 aromatic rings. The number of aliphatic hydroxyl groups is 1. The van der Waals surface area contributed by atoms with Crippen LogP contribution in [0.25, 0.3) is 16.6 Å². The van der Waals surface area contributed by atoms with Crippen molar-refractivity contribution in [2.75, 3.05) is 0 Å². The summed E-state index contributed by atoms with van der Waals surface area (Å²) in [5.41, 5.74) is 1.69. The SMILES string of the molecule is CC(C)Oc1ccc2nc3ccc(CO)cn3c(=O)c2c1. The van der Waals surface area contributed by atoms with Crippen LogP contribution in [0.5, 0.6) is 5.75 Å². The molecule has 0 bridgehead atoms. The first kappa shape index (κ1) is 13.6. The molecule has 108 valence electrons. The molecular weight excluding hydrogens is 268 g/mol. The summed E-state index contributed by atoms with van der Waals surface area (Å²) >= 11 is 0. The van der Waals surface area contributed by atoms with Crippen LogP contribution in [0, 0.1) is 0 Å². The second-order valence-electron chi connectivity index (χ2n) is 5.19. The fourth-order valence-electron chi connectivity index (χ4n) is 2.27. The summed E-state index contributed by atoms with van der Waals surface area (Å²) in [4.78, 5) is 17.0. The Balaban J connectivity index is 2.28. The second-order valence-corrected chi connectivity index (χ2v) is 5.19. The van der Waals surface area contributed by atoms with Gasteiger partial charge in [-0.15, -0.1) is 0 Å². The summed E-state index contributed by atoms with van der Waals surface area (Å²) in [6.45, 7) is 3.75. The van der Waals surface area contributed by atoms with E-state index in [-0.39, 0.29) is 18.3 Å². The van der Waals surface area contributed by atoms with Crippen LogP contribution in [0.15, 0.2) is 41.3 Å². The number of rotatable bonds is 3. The van der Waals surface area contributed by atoms with Crippen molar-refractivity contribution >= 4 is 16.6 Å². The van der Waals surface area contributed by atoms with Gasteiger partial charge < -0.3 is 9.84 Å². The molecule has 0 radical (unpaired) electrons. The Kier molecular flexibility index (Phi) is 3.35. The molecule has 0 aliphatic heterocycles. The molecule has 1 N–H and O–H groups in total. The first-order valence-corrected chi connectivity index (χ1v) is 6.81. The number of hydrogen-bond acceptors (Lipinski definition) is 4. The van der Waals surface area contributed by atoms with E-state index in [2.05, 4.69) is 4.98 Å². The smallest absolute Gasteiger partial charge is 0.265 e. The maximum absolute atomic E-state index is 12.6. The predicted octanol–water partition coefficient (Wildman–Crippen LogP) is 2.13.